The molecule has 0 saturated carbocycles. The fraction of sp³-hybridized carbons (Fsp3) is 0.300. The van der Waals surface area contributed by atoms with Gasteiger partial charge in [-0.2, -0.15) is 5.26 Å². The van der Waals surface area contributed by atoms with E-state index >= 15 is 0 Å². The standard InChI is InChI=1S/C20H21Cl2N3O3S/c1-25(19(26)10-9-15-5-7-16(13-23)8-6-15)12-11-24-14-29(27,28)18-4-2-3-17(21)20(18)22/h2-8,24H,9-12,14H2,1H3. The van der Waals surface area contributed by atoms with Gasteiger partial charge >= 0.3 is 0 Å². The summed E-state index contributed by atoms with van der Waals surface area (Å²) in [5.41, 5.74) is 1.56. The van der Waals surface area contributed by atoms with E-state index in [1.54, 1.807) is 24.1 Å². The molecule has 0 atom stereocenters. The maximum Gasteiger partial charge on any atom is 0.222 e. The molecule has 6 nitrogen and oxygen atoms in total. The molecule has 0 spiro atoms. The number of nitrogens with one attached hydrogen (secondary N) is 1. The van der Waals surface area contributed by atoms with Crippen molar-refractivity contribution in [2.75, 3.05) is 26.0 Å². The lowest BCUT2D eigenvalue weighted by Gasteiger charge is -2.17. The van der Waals surface area contributed by atoms with E-state index in [4.69, 9.17) is 28.5 Å². The highest BCUT2D eigenvalue weighted by Crippen LogP contribution is 2.29. The maximum atomic E-state index is 12.4. The highest BCUT2D eigenvalue weighted by Gasteiger charge is 2.19. The van der Waals surface area contributed by atoms with Crippen molar-refractivity contribution in [1.29, 1.82) is 5.26 Å². The fourth-order valence-corrected chi connectivity index (χ4v) is 4.51. The molecule has 0 fully saturated rings. The Morgan fingerprint density at radius 1 is 1.17 bits per heavy atom. The second kappa shape index (κ2) is 10.6. The molecule has 29 heavy (non-hydrogen) atoms. The molecule has 0 unspecified atom stereocenters. The molecule has 2 rings (SSSR count). The molecule has 0 aliphatic carbocycles. The molecule has 0 aliphatic rings. The van der Waals surface area contributed by atoms with Crippen LogP contribution < -0.4 is 5.32 Å². The largest absolute Gasteiger partial charge is 0.344 e. The summed E-state index contributed by atoms with van der Waals surface area (Å²) in [5, 5.41) is 11.8. The Labute approximate surface area is 181 Å². The normalized spacial score (nSPS) is 11.1. The van der Waals surface area contributed by atoms with Crippen molar-refractivity contribution < 1.29 is 13.2 Å². The van der Waals surface area contributed by atoms with Crippen molar-refractivity contribution in [1.82, 2.24) is 10.2 Å². The molecule has 2 aromatic rings. The zero-order chi connectivity index (χ0) is 21.4. The first-order valence-corrected chi connectivity index (χ1v) is 11.3. The van der Waals surface area contributed by atoms with E-state index < -0.39 is 9.84 Å². The van der Waals surface area contributed by atoms with E-state index in [1.165, 1.54) is 18.2 Å². The second-order valence-electron chi connectivity index (χ2n) is 6.44. The Kier molecular flexibility index (Phi) is 8.47. The molecular weight excluding hydrogens is 433 g/mol. The predicted molar refractivity (Wildman–Crippen MR) is 114 cm³/mol. The first-order chi connectivity index (χ1) is 13.7. The Morgan fingerprint density at radius 3 is 2.52 bits per heavy atom. The smallest absolute Gasteiger partial charge is 0.222 e. The van der Waals surface area contributed by atoms with Crippen LogP contribution in [-0.4, -0.2) is 45.2 Å². The Morgan fingerprint density at radius 2 is 1.86 bits per heavy atom. The summed E-state index contributed by atoms with van der Waals surface area (Å²) in [4.78, 5) is 13.8. The average molecular weight is 454 g/mol. The Hall–Kier alpha value is -2.11. The van der Waals surface area contributed by atoms with Crippen LogP contribution in [0.25, 0.3) is 0 Å². The number of nitrogens with zero attached hydrogens (tertiary/aromatic N) is 2. The van der Waals surface area contributed by atoms with Crippen molar-refractivity contribution in [2.24, 2.45) is 0 Å². The van der Waals surface area contributed by atoms with Gasteiger partial charge in [0, 0.05) is 26.6 Å². The van der Waals surface area contributed by atoms with Crippen LogP contribution in [0.4, 0.5) is 0 Å². The van der Waals surface area contributed by atoms with Gasteiger partial charge in [-0.15, -0.1) is 0 Å². The summed E-state index contributed by atoms with van der Waals surface area (Å²) in [6.45, 7) is 0.682. The number of sulfone groups is 1. The number of carbonyl (C=O) groups excluding carboxylic acids is 1. The predicted octanol–water partition coefficient (Wildman–Crippen LogP) is 3.28. The first-order valence-electron chi connectivity index (χ1n) is 8.85. The zero-order valence-corrected chi connectivity index (χ0v) is 18.2. The van der Waals surface area contributed by atoms with Gasteiger partial charge in [0.15, 0.2) is 9.84 Å². The SMILES string of the molecule is CN(CCNCS(=O)(=O)c1cccc(Cl)c1Cl)C(=O)CCc1ccc(C#N)cc1. The van der Waals surface area contributed by atoms with Crippen molar-refractivity contribution in [3.8, 4) is 6.07 Å². The molecule has 1 N–H and O–H groups in total. The van der Waals surface area contributed by atoms with Gasteiger partial charge in [-0.05, 0) is 36.2 Å². The van der Waals surface area contributed by atoms with Crippen molar-refractivity contribution in [2.45, 2.75) is 17.7 Å². The lowest BCUT2D eigenvalue weighted by molar-refractivity contribution is -0.129. The van der Waals surface area contributed by atoms with E-state index in [0.717, 1.165) is 5.56 Å². The number of nitriles is 1. The molecule has 0 aromatic heterocycles. The summed E-state index contributed by atoms with van der Waals surface area (Å²) in [5.74, 6) is -0.350. The number of carbonyl (C=O) groups is 1. The van der Waals surface area contributed by atoms with Crippen molar-refractivity contribution >= 4 is 38.9 Å². The summed E-state index contributed by atoms with van der Waals surface area (Å²) in [6, 6.07) is 13.6. The number of halogens is 2. The van der Waals surface area contributed by atoms with E-state index in [9.17, 15) is 13.2 Å². The molecule has 0 aliphatic heterocycles. The van der Waals surface area contributed by atoms with Gasteiger partial charge in [0.25, 0.3) is 0 Å². The molecule has 0 radical (unpaired) electrons. The quantitative estimate of drug-likeness (QED) is 0.588. The van der Waals surface area contributed by atoms with Gasteiger partial charge < -0.3 is 10.2 Å². The number of hydrogen-bond donors (Lipinski definition) is 1. The summed E-state index contributed by atoms with van der Waals surface area (Å²) in [6.07, 6.45) is 0.906. The first kappa shape index (κ1) is 23.2. The van der Waals surface area contributed by atoms with Crippen LogP contribution in [0.5, 0.6) is 0 Å². The van der Waals surface area contributed by atoms with Crippen LogP contribution >= 0.6 is 23.2 Å². The minimum absolute atomic E-state index is 0.00562. The topological polar surface area (TPSA) is 90.3 Å². The van der Waals surface area contributed by atoms with Gasteiger partial charge in [0.05, 0.1) is 26.6 Å². The van der Waals surface area contributed by atoms with Crippen LogP contribution in [0.3, 0.4) is 0 Å². The van der Waals surface area contributed by atoms with E-state index in [1.807, 2.05) is 12.1 Å². The third kappa shape index (κ3) is 6.72. The van der Waals surface area contributed by atoms with Gasteiger partial charge in [0.1, 0.15) is 5.88 Å². The number of aryl methyl sites for hydroxylation is 1. The van der Waals surface area contributed by atoms with Gasteiger partial charge in [-0.3, -0.25) is 4.79 Å². The lowest BCUT2D eigenvalue weighted by atomic mass is 10.1. The van der Waals surface area contributed by atoms with Crippen LogP contribution in [-0.2, 0) is 21.1 Å². The zero-order valence-electron chi connectivity index (χ0n) is 15.9. The Bertz CT molecular complexity index is 1000. The summed E-state index contributed by atoms with van der Waals surface area (Å²) >= 11 is 11.8. The van der Waals surface area contributed by atoms with Crippen LogP contribution in [0.15, 0.2) is 47.4 Å². The Balaban J connectivity index is 1.77. The third-order valence-corrected chi connectivity index (χ3v) is 6.83. The van der Waals surface area contributed by atoms with Crippen LogP contribution in [0.1, 0.15) is 17.5 Å². The molecule has 9 heteroatoms. The van der Waals surface area contributed by atoms with Gasteiger partial charge in [-0.25, -0.2) is 8.42 Å². The number of hydrogen-bond acceptors (Lipinski definition) is 5. The monoisotopic (exact) mass is 453 g/mol. The molecule has 0 saturated heterocycles. The number of rotatable bonds is 9. The van der Waals surface area contributed by atoms with Crippen LogP contribution in [0, 0.1) is 11.3 Å². The third-order valence-electron chi connectivity index (χ3n) is 4.30. The number of amides is 1. The minimum Gasteiger partial charge on any atom is -0.344 e. The van der Waals surface area contributed by atoms with E-state index in [0.29, 0.717) is 31.5 Å². The number of benzene rings is 2. The maximum absolute atomic E-state index is 12.4. The molecule has 154 valence electrons. The molecule has 1 amide bonds. The summed E-state index contributed by atoms with van der Waals surface area (Å²) < 4.78 is 24.8. The highest BCUT2D eigenvalue weighted by atomic mass is 35.5. The molecule has 0 heterocycles. The molecule has 2 aromatic carbocycles. The average Bonchev–Trinajstić information content (AvgIpc) is 2.71. The van der Waals surface area contributed by atoms with E-state index in [-0.39, 0.29) is 26.7 Å². The molecular formula is C20H21Cl2N3O3S. The summed E-state index contributed by atoms with van der Waals surface area (Å²) in [7, 11) is -1.97. The number of likely N-dealkylation sites (N-methyl/N-ethyl adjacent to an activating group) is 1. The van der Waals surface area contributed by atoms with Crippen molar-refractivity contribution in [3.05, 3.63) is 63.6 Å². The van der Waals surface area contributed by atoms with Gasteiger partial charge in [0.2, 0.25) is 5.91 Å². The fourth-order valence-electron chi connectivity index (χ4n) is 2.57. The van der Waals surface area contributed by atoms with Crippen molar-refractivity contribution in [3.63, 3.8) is 0 Å². The minimum atomic E-state index is -3.64. The molecule has 0 bridgehead atoms. The van der Waals surface area contributed by atoms with E-state index in [2.05, 4.69) is 11.4 Å². The highest BCUT2D eigenvalue weighted by molar-refractivity contribution is 7.91. The van der Waals surface area contributed by atoms with Gasteiger partial charge in [-0.1, -0.05) is 41.4 Å². The lowest BCUT2D eigenvalue weighted by Crippen LogP contribution is -2.35. The van der Waals surface area contributed by atoms with Crippen LogP contribution in [0.2, 0.25) is 10.0 Å². The second-order valence-corrected chi connectivity index (χ2v) is 9.18.